The number of urea groups is 1. The van der Waals surface area contributed by atoms with Crippen molar-refractivity contribution < 1.29 is 32.4 Å². The van der Waals surface area contributed by atoms with Crippen LogP contribution in [0.25, 0.3) is 0 Å². The van der Waals surface area contributed by atoms with Crippen molar-refractivity contribution in [1.82, 2.24) is 20.9 Å². The van der Waals surface area contributed by atoms with Crippen LogP contribution in [0.15, 0.2) is 35.2 Å². The third kappa shape index (κ3) is 8.16. The number of Topliss-reactive ketones (excluding diaryl/α,β-unsaturated/α-hetero) is 1. The Kier molecular flexibility index (Phi) is 9.94. The first kappa shape index (κ1) is 36.4. The lowest BCUT2D eigenvalue weighted by molar-refractivity contribution is -0.145. The zero-order valence-electron chi connectivity index (χ0n) is 28.8. The molecule has 6 atom stereocenters. The summed E-state index contributed by atoms with van der Waals surface area (Å²) in [6, 6.07) is 3.48. The third-order valence-corrected chi connectivity index (χ3v) is 11.9. The molecule has 0 spiro atoms. The van der Waals surface area contributed by atoms with Gasteiger partial charge in [0.25, 0.3) is 5.91 Å². The van der Waals surface area contributed by atoms with Crippen LogP contribution >= 0.6 is 0 Å². The highest BCUT2D eigenvalue weighted by Crippen LogP contribution is 2.65. The topological polar surface area (TPSA) is 185 Å². The summed E-state index contributed by atoms with van der Waals surface area (Å²) in [7, 11) is -3.74. The van der Waals surface area contributed by atoms with E-state index in [1.807, 2.05) is 34.6 Å². The largest absolute Gasteiger partial charge is 0.363 e. The number of piperidine rings is 1. The van der Waals surface area contributed by atoms with Crippen LogP contribution < -0.4 is 21.7 Å². The highest BCUT2D eigenvalue weighted by atomic mass is 32.2. The first-order valence-electron chi connectivity index (χ1n) is 16.3. The average Bonchev–Trinajstić information content (AvgIpc) is 3.81. The molecule has 3 fully saturated rings. The van der Waals surface area contributed by atoms with Crippen LogP contribution in [0.1, 0.15) is 74.7 Å². The molecule has 260 valence electrons. The number of sulfone groups is 1. The molecule has 1 saturated heterocycles. The van der Waals surface area contributed by atoms with E-state index >= 15 is 0 Å². The minimum absolute atomic E-state index is 0.0406. The highest BCUT2D eigenvalue weighted by Gasteiger charge is 2.70. The number of amides is 5. The Morgan fingerprint density at radius 3 is 2.04 bits per heavy atom. The SMILES string of the molecule is CC(C)(C)[C@H](NC(=O)N[C@H](CS(=O)(=O)c1ccccc1)C(C)(C)C)C(=O)N1CC2[C@@H]([C@H]1C(=O)NC(CC1CC1)C(=O)C(N)=O)C2(C)C. The lowest BCUT2D eigenvalue weighted by atomic mass is 9.85. The molecule has 2 unspecified atom stereocenters. The number of primary amides is 1. The average molecular weight is 674 g/mol. The molecule has 1 heterocycles. The van der Waals surface area contributed by atoms with Crippen molar-refractivity contribution in [3.8, 4) is 0 Å². The van der Waals surface area contributed by atoms with Gasteiger partial charge in [0.15, 0.2) is 9.84 Å². The maximum absolute atomic E-state index is 14.3. The first-order chi connectivity index (χ1) is 21.6. The number of hydrogen-bond acceptors (Lipinski definition) is 7. The summed E-state index contributed by atoms with van der Waals surface area (Å²) in [5, 5.41) is 8.35. The fraction of sp³-hybridized carbons (Fsp3) is 0.676. The van der Waals surface area contributed by atoms with Gasteiger partial charge in [0.1, 0.15) is 12.1 Å². The van der Waals surface area contributed by atoms with Crippen LogP contribution in [0, 0.1) is 34.0 Å². The molecule has 0 radical (unpaired) electrons. The second-order valence-corrected chi connectivity index (χ2v) is 18.3. The second-order valence-electron chi connectivity index (χ2n) is 16.3. The number of nitrogens with one attached hydrogen (secondary N) is 3. The van der Waals surface area contributed by atoms with E-state index in [0.717, 1.165) is 12.8 Å². The van der Waals surface area contributed by atoms with Crippen LogP contribution in [-0.2, 0) is 29.0 Å². The molecule has 4 rings (SSSR count). The molecular formula is C34H51N5O7S. The number of carbonyl (C=O) groups is 5. The van der Waals surface area contributed by atoms with Crippen molar-refractivity contribution in [2.75, 3.05) is 12.3 Å². The Morgan fingerprint density at radius 2 is 1.53 bits per heavy atom. The molecule has 12 nitrogen and oxygen atoms in total. The van der Waals surface area contributed by atoms with Crippen molar-refractivity contribution in [2.24, 2.45) is 39.7 Å². The van der Waals surface area contributed by atoms with Crippen LogP contribution in [0.5, 0.6) is 0 Å². The van der Waals surface area contributed by atoms with E-state index < -0.39 is 74.4 Å². The maximum atomic E-state index is 14.3. The molecule has 0 bridgehead atoms. The van der Waals surface area contributed by atoms with Crippen LogP contribution in [-0.4, -0.2) is 79.3 Å². The monoisotopic (exact) mass is 673 g/mol. The molecule has 1 aliphatic heterocycles. The molecule has 47 heavy (non-hydrogen) atoms. The van der Waals surface area contributed by atoms with E-state index in [4.69, 9.17) is 5.73 Å². The van der Waals surface area contributed by atoms with Gasteiger partial charge in [-0.2, -0.15) is 0 Å². The maximum Gasteiger partial charge on any atom is 0.315 e. The Hall–Kier alpha value is -3.48. The van der Waals surface area contributed by atoms with E-state index in [1.165, 1.54) is 17.0 Å². The summed E-state index contributed by atoms with van der Waals surface area (Å²) in [6.45, 7) is 15.2. The normalized spacial score (nSPS) is 23.9. The van der Waals surface area contributed by atoms with Gasteiger partial charge in [-0.25, -0.2) is 13.2 Å². The molecule has 2 saturated carbocycles. The minimum atomic E-state index is -3.74. The second kappa shape index (κ2) is 12.9. The van der Waals surface area contributed by atoms with Gasteiger partial charge in [-0.05, 0) is 52.6 Å². The predicted octanol–water partition coefficient (Wildman–Crippen LogP) is 2.41. The number of benzene rings is 1. The van der Waals surface area contributed by atoms with Crippen molar-refractivity contribution in [1.29, 1.82) is 0 Å². The smallest absolute Gasteiger partial charge is 0.315 e. The Morgan fingerprint density at radius 1 is 0.936 bits per heavy atom. The summed E-state index contributed by atoms with van der Waals surface area (Å²) in [5.74, 6) is -3.20. The quantitative estimate of drug-likeness (QED) is 0.246. The lowest BCUT2D eigenvalue weighted by Gasteiger charge is -2.38. The summed E-state index contributed by atoms with van der Waals surface area (Å²) < 4.78 is 26.4. The van der Waals surface area contributed by atoms with Gasteiger partial charge >= 0.3 is 6.03 Å². The number of nitrogens with two attached hydrogens (primary N) is 1. The number of carbonyl (C=O) groups excluding carboxylic acids is 5. The number of fused-ring (bicyclic) bond motifs is 1. The van der Waals surface area contributed by atoms with E-state index in [-0.39, 0.29) is 33.8 Å². The van der Waals surface area contributed by atoms with Crippen molar-refractivity contribution >= 4 is 39.4 Å². The molecule has 2 aliphatic carbocycles. The van der Waals surface area contributed by atoms with E-state index in [9.17, 15) is 32.4 Å². The van der Waals surface area contributed by atoms with Crippen molar-refractivity contribution in [3.05, 3.63) is 30.3 Å². The van der Waals surface area contributed by atoms with Gasteiger partial charge < -0.3 is 26.6 Å². The molecule has 3 aliphatic rings. The third-order valence-electron chi connectivity index (χ3n) is 10.1. The van der Waals surface area contributed by atoms with Crippen LogP contribution in [0.4, 0.5) is 4.79 Å². The molecule has 1 aromatic rings. The molecule has 5 amide bonds. The molecule has 1 aromatic carbocycles. The summed E-state index contributed by atoms with van der Waals surface area (Å²) >= 11 is 0. The number of hydrogen-bond donors (Lipinski definition) is 4. The minimum Gasteiger partial charge on any atom is -0.363 e. The van der Waals surface area contributed by atoms with Crippen LogP contribution in [0.3, 0.4) is 0 Å². The van der Waals surface area contributed by atoms with E-state index in [0.29, 0.717) is 13.0 Å². The van der Waals surface area contributed by atoms with E-state index in [1.54, 1.807) is 39.0 Å². The summed E-state index contributed by atoms with van der Waals surface area (Å²) in [5.41, 5.74) is 3.64. The Bertz CT molecular complexity index is 1510. The molecule has 0 aromatic heterocycles. The molecule has 5 N–H and O–H groups in total. The molecule has 13 heteroatoms. The number of likely N-dealkylation sites (tertiary alicyclic amines) is 1. The number of ketones is 1. The predicted molar refractivity (Wildman–Crippen MR) is 176 cm³/mol. The fourth-order valence-electron chi connectivity index (χ4n) is 6.76. The number of nitrogens with zero attached hydrogens (tertiary/aromatic N) is 1. The van der Waals surface area contributed by atoms with Gasteiger partial charge in [0, 0.05) is 12.6 Å². The summed E-state index contributed by atoms with van der Waals surface area (Å²) in [6.07, 6.45) is 2.12. The van der Waals surface area contributed by atoms with Gasteiger partial charge in [-0.15, -0.1) is 0 Å². The standard InChI is InChI=1S/C34H51N5O7S/c1-32(2,3)23(18-47(45,46)20-12-10-9-11-13-20)37-31(44)38-27(33(4,5)6)30(43)39-17-21-24(34(21,7)8)25(39)29(42)36-22(16-19-14-15-19)26(40)28(35)41/h9-13,19,21-25,27H,14-18H2,1-8H3,(H2,35,41)(H,36,42)(H2,37,38,44)/t21?,22?,23-,24+,25+,27-/m1/s1. The fourth-order valence-corrected chi connectivity index (χ4v) is 8.54. The zero-order chi connectivity index (χ0) is 35.3. The number of rotatable bonds is 12. The molecular weight excluding hydrogens is 622 g/mol. The van der Waals surface area contributed by atoms with Gasteiger partial charge in [-0.1, -0.05) is 86.4 Å². The van der Waals surface area contributed by atoms with Gasteiger partial charge in [0.2, 0.25) is 17.6 Å². The van der Waals surface area contributed by atoms with Crippen molar-refractivity contribution in [2.45, 2.75) is 104 Å². The zero-order valence-corrected chi connectivity index (χ0v) is 29.6. The van der Waals surface area contributed by atoms with Crippen LogP contribution in [0.2, 0.25) is 0 Å². The highest BCUT2D eigenvalue weighted by molar-refractivity contribution is 7.91. The van der Waals surface area contributed by atoms with Gasteiger partial charge in [-0.3, -0.25) is 19.2 Å². The first-order valence-corrected chi connectivity index (χ1v) is 18.0. The lowest BCUT2D eigenvalue weighted by Crippen LogP contribution is -2.62. The Balaban J connectivity index is 1.54. The Labute approximate surface area is 278 Å². The van der Waals surface area contributed by atoms with Gasteiger partial charge in [0.05, 0.1) is 16.7 Å². The van der Waals surface area contributed by atoms with Crippen molar-refractivity contribution in [3.63, 3.8) is 0 Å². The summed E-state index contributed by atoms with van der Waals surface area (Å²) in [4.78, 5) is 67.7. The van der Waals surface area contributed by atoms with E-state index in [2.05, 4.69) is 16.0 Å².